The zero-order valence-electron chi connectivity index (χ0n) is 20.0. The molecule has 0 fully saturated rings. The monoisotopic (exact) mass is 521 g/mol. The Hall–Kier alpha value is -2.19. The number of nitrogens with zero attached hydrogens (tertiary/aromatic N) is 1. The number of carbonyl (C=O) groups excluding carboxylic acids is 3. The standard InChI is InChI=1S/C20H39N7O5S2/c1-4-11(2)15(27-16(28)12(21)6-5-8-24-20(22)23)18(30)26-14(10-33)17(29)25-13(19(31)32)7-9-34-3/h11-15,33H,4-10,21H2,1-3H3,(H,25,29)(H,26,30)(H,27,28)(H,31,32)(H4,22,23,24). The normalized spacial score (nSPS) is 15.2. The fraction of sp³-hybridized carbons (Fsp3) is 0.750. The van der Waals surface area contributed by atoms with Crippen molar-refractivity contribution in [2.24, 2.45) is 28.1 Å². The molecule has 0 saturated carbocycles. The van der Waals surface area contributed by atoms with Crippen molar-refractivity contribution in [2.45, 2.75) is 63.7 Å². The van der Waals surface area contributed by atoms with Crippen molar-refractivity contribution in [2.75, 3.05) is 24.3 Å². The van der Waals surface area contributed by atoms with Gasteiger partial charge in [0, 0.05) is 12.3 Å². The molecule has 0 saturated heterocycles. The molecule has 0 aliphatic rings. The van der Waals surface area contributed by atoms with E-state index < -0.39 is 47.9 Å². The number of hydrogen-bond donors (Lipinski definition) is 8. The third-order valence-electron chi connectivity index (χ3n) is 5.14. The lowest BCUT2D eigenvalue weighted by Gasteiger charge is -2.27. The smallest absolute Gasteiger partial charge is 0.326 e. The molecule has 0 spiro atoms. The Labute approximate surface area is 210 Å². The number of carboxylic acids is 1. The molecule has 0 aromatic rings. The average Bonchev–Trinajstić information content (AvgIpc) is 2.79. The quantitative estimate of drug-likeness (QED) is 0.0490. The summed E-state index contributed by atoms with van der Waals surface area (Å²) >= 11 is 5.58. The number of aliphatic carboxylic acids is 1. The predicted octanol–water partition coefficient (Wildman–Crippen LogP) is -1.36. The predicted molar refractivity (Wildman–Crippen MR) is 138 cm³/mol. The van der Waals surface area contributed by atoms with Crippen LogP contribution in [0.15, 0.2) is 4.99 Å². The van der Waals surface area contributed by atoms with Crippen molar-refractivity contribution in [3.05, 3.63) is 0 Å². The van der Waals surface area contributed by atoms with Crippen LogP contribution in [0.2, 0.25) is 0 Å². The third-order valence-corrected chi connectivity index (χ3v) is 6.15. The van der Waals surface area contributed by atoms with Crippen molar-refractivity contribution >= 4 is 54.0 Å². The van der Waals surface area contributed by atoms with Crippen LogP contribution in [-0.4, -0.2) is 83.2 Å². The summed E-state index contributed by atoms with van der Waals surface area (Å²) in [6.07, 6.45) is 3.44. The van der Waals surface area contributed by atoms with Crippen LogP contribution in [0, 0.1) is 5.92 Å². The number of rotatable bonds is 17. The SMILES string of the molecule is CCC(C)C(NC(=O)C(N)CCCN=C(N)N)C(=O)NC(CS)C(=O)NC(CCSC)C(=O)O. The maximum atomic E-state index is 13.0. The number of thiol groups is 1. The molecule has 0 heterocycles. The van der Waals surface area contributed by atoms with Gasteiger partial charge in [-0.05, 0) is 37.2 Å². The Morgan fingerprint density at radius 1 is 1.03 bits per heavy atom. The van der Waals surface area contributed by atoms with Crippen LogP contribution in [0.4, 0.5) is 0 Å². The summed E-state index contributed by atoms with van der Waals surface area (Å²) < 4.78 is 0. The van der Waals surface area contributed by atoms with E-state index in [0.717, 1.165) is 0 Å². The minimum atomic E-state index is -1.16. The number of aliphatic imine (C=N–C) groups is 1. The molecule has 0 aliphatic carbocycles. The van der Waals surface area contributed by atoms with Crippen molar-refractivity contribution in [3.8, 4) is 0 Å². The highest BCUT2D eigenvalue weighted by Gasteiger charge is 2.31. The lowest BCUT2D eigenvalue weighted by Crippen LogP contribution is -2.59. The number of nitrogens with two attached hydrogens (primary N) is 3. The van der Waals surface area contributed by atoms with Gasteiger partial charge in [0.15, 0.2) is 5.96 Å². The second-order valence-corrected chi connectivity index (χ2v) is 9.20. The molecular formula is C20H39N7O5S2. The average molecular weight is 522 g/mol. The zero-order valence-corrected chi connectivity index (χ0v) is 21.7. The molecule has 34 heavy (non-hydrogen) atoms. The van der Waals surface area contributed by atoms with E-state index in [9.17, 15) is 24.3 Å². The highest BCUT2D eigenvalue weighted by molar-refractivity contribution is 7.98. The molecule has 14 heteroatoms. The second kappa shape index (κ2) is 17.3. The van der Waals surface area contributed by atoms with Gasteiger partial charge in [-0.2, -0.15) is 24.4 Å². The number of guanidine groups is 1. The molecule has 5 unspecified atom stereocenters. The van der Waals surface area contributed by atoms with Gasteiger partial charge in [-0.1, -0.05) is 20.3 Å². The molecule has 0 aromatic carbocycles. The molecular weight excluding hydrogens is 482 g/mol. The Morgan fingerprint density at radius 3 is 2.15 bits per heavy atom. The molecule has 0 rings (SSSR count). The summed E-state index contributed by atoms with van der Waals surface area (Å²) in [5, 5.41) is 17.0. The second-order valence-electron chi connectivity index (χ2n) is 7.85. The Kier molecular flexibility index (Phi) is 16.2. The van der Waals surface area contributed by atoms with E-state index in [0.29, 0.717) is 31.6 Å². The number of nitrogens with one attached hydrogen (secondary N) is 3. The van der Waals surface area contributed by atoms with Crippen LogP contribution in [0.5, 0.6) is 0 Å². The first-order valence-electron chi connectivity index (χ1n) is 11.0. The van der Waals surface area contributed by atoms with E-state index in [1.807, 2.05) is 13.2 Å². The summed E-state index contributed by atoms with van der Waals surface area (Å²) in [6, 6.07) is -3.97. The Balaban J connectivity index is 5.16. The molecule has 12 nitrogen and oxygen atoms in total. The molecule has 196 valence electrons. The molecule has 10 N–H and O–H groups in total. The fourth-order valence-corrected chi connectivity index (χ4v) is 3.56. The van der Waals surface area contributed by atoms with Gasteiger partial charge in [-0.25, -0.2) is 4.79 Å². The topological polar surface area (TPSA) is 215 Å². The van der Waals surface area contributed by atoms with Gasteiger partial charge < -0.3 is 38.3 Å². The molecule has 0 bridgehead atoms. The van der Waals surface area contributed by atoms with Gasteiger partial charge in [-0.3, -0.25) is 19.4 Å². The van der Waals surface area contributed by atoms with E-state index in [1.54, 1.807) is 6.92 Å². The molecule has 0 aromatic heterocycles. The summed E-state index contributed by atoms with van der Waals surface area (Å²) in [5.74, 6) is -2.74. The number of thioether (sulfide) groups is 1. The number of hydrogen-bond acceptors (Lipinski definition) is 8. The van der Waals surface area contributed by atoms with E-state index in [4.69, 9.17) is 17.2 Å². The first kappa shape index (κ1) is 31.8. The van der Waals surface area contributed by atoms with Gasteiger partial charge in [-0.15, -0.1) is 0 Å². The van der Waals surface area contributed by atoms with Crippen LogP contribution < -0.4 is 33.2 Å². The van der Waals surface area contributed by atoms with Crippen LogP contribution >= 0.6 is 24.4 Å². The number of carboxylic acid groups (broad SMARTS) is 1. The first-order chi connectivity index (χ1) is 16.0. The summed E-state index contributed by atoms with van der Waals surface area (Å²) in [7, 11) is 0. The molecule has 3 amide bonds. The van der Waals surface area contributed by atoms with Gasteiger partial charge >= 0.3 is 5.97 Å². The lowest BCUT2D eigenvalue weighted by atomic mass is 9.97. The summed E-state index contributed by atoms with van der Waals surface area (Å²) in [6.45, 7) is 3.97. The van der Waals surface area contributed by atoms with Crippen molar-refractivity contribution in [3.63, 3.8) is 0 Å². The molecule has 5 atom stereocenters. The van der Waals surface area contributed by atoms with Crippen molar-refractivity contribution in [1.29, 1.82) is 0 Å². The maximum Gasteiger partial charge on any atom is 0.326 e. The van der Waals surface area contributed by atoms with Gasteiger partial charge in [0.2, 0.25) is 17.7 Å². The van der Waals surface area contributed by atoms with Crippen LogP contribution in [0.3, 0.4) is 0 Å². The Bertz CT molecular complexity index is 707. The molecule has 0 radical (unpaired) electrons. The van der Waals surface area contributed by atoms with Crippen LogP contribution in [-0.2, 0) is 19.2 Å². The maximum absolute atomic E-state index is 13.0. The lowest BCUT2D eigenvalue weighted by molar-refractivity contribution is -0.142. The number of carbonyl (C=O) groups is 4. The van der Waals surface area contributed by atoms with Crippen LogP contribution in [0.1, 0.15) is 39.5 Å². The van der Waals surface area contributed by atoms with E-state index in [2.05, 4.69) is 33.6 Å². The summed E-state index contributed by atoms with van der Waals surface area (Å²) in [5.41, 5.74) is 16.5. The van der Waals surface area contributed by atoms with Crippen LogP contribution in [0.25, 0.3) is 0 Å². The van der Waals surface area contributed by atoms with Crippen molar-refractivity contribution in [1.82, 2.24) is 16.0 Å². The van der Waals surface area contributed by atoms with Gasteiger partial charge in [0.05, 0.1) is 6.04 Å². The highest BCUT2D eigenvalue weighted by Crippen LogP contribution is 2.10. The highest BCUT2D eigenvalue weighted by atomic mass is 32.2. The zero-order chi connectivity index (χ0) is 26.3. The summed E-state index contributed by atoms with van der Waals surface area (Å²) in [4.78, 5) is 53.3. The number of amides is 3. The van der Waals surface area contributed by atoms with Gasteiger partial charge in [0.1, 0.15) is 18.1 Å². The first-order valence-corrected chi connectivity index (χ1v) is 13.1. The fourth-order valence-electron chi connectivity index (χ4n) is 2.83. The van der Waals surface area contributed by atoms with Crippen molar-refractivity contribution < 1.29 is 24.3 Å². The van der Waals surface area contributed by atoms with E-state index in [-0.39, 0.29) is 24.1 Å². The minimum Gasteiger partial charge on any atom is -0.480 e. The third kappa shape index (κ3) is 12.3. The van der Waals surface area contributed by atoms with E-state index in [1.165, 1.54) is 11.8 Å². The minimum absolute atomic E-state index is 0.0479. The van der Waals surface area contributed by atoms with Gasteiger partial charge in [0.25, 0.3) is 0 Å². The molecule has 0 aliphatic heterocycles. The largest absolute Gasteiger partial charge is 0.480 e. The Morgan fingerprint density at radius 2 is 1.65 bits per heavy atom. The van der Waals surface area contributed by atoms with E-state index >= 15 is 0 Å².